The fraction of sp³-hybridized carbons (Fsp3) is 0.200. The number of ether oxygens (including phenoxy) is 1. The van der Waals surface area contributed by atoms with E-state index in [1.54, 1.807) is 35.1 Å². The van der Waals surface area contributed by atoms with Gasteiger partial charge >= 0.3 is 0 Å². The van der Waals surface area contributed by atoms with Crippen molar-refractivity contribution in [3.63, 3.8) is 0 Å². The minimum absolute atomic E-state index is 0.131. The van der Waals surface area contributed by atoms with Gasteiger partial charge < -0.3 is 14.5 Å². The highest BCUT2D eigenvalue weighted by atomic mass is 35.5. The molecule has 0 aliphatic heterocycles. The van der Waals surface area contributed by atoms with E-state index >= 15 is 0 Å². The number of benzene rings is 2. The molecule has 6 nitrogen and oxygen atoms in total. The largest absolute Gasteiger partial charge is 0.486 e. The molecule has 168 valence electrons. The van der Waals surface area contributed by atoms with Gasteiger partial charge in [-0.25, -0.2) is 4.39 Å². The van der Waals surface area contributed by atoms with Gasteiger partial charge in [0.25, 0.3) is 5.91 Å². The summed E-state index contributed by atoms with van der Waals surface area (Å²) in [6.07, 6.45) is 4.99. The van der Waals surface area contributed by atoms with Gasteiger partial charge in [0.05, 0.1) is 6.54 Å². The second-order valence-electron chi connectivity index (χ2n) is 7.94. The van der Waals surface area contributed by atoms with Gasteiger partial charge in [-0.05, 0) is 72.4 Å². The maximum absolute atomic E-state index is 13.1. The second-order valence-corrected chi connectivity index (χ2v) is 8.35. The molecule has 1 aliphatic rings. The zero-order chi connectivity index (χ0) is 22.8. The summed E-state index contributed by atoms with van der Waals surface area (Å²) in [4.78, 5) is 12.6. The molecule has 1 amide bonds. The molecule has 0 radical (unpaired) electrons. The monoisotopic (exact) mass is 465 g/mol. The Hall–Kier alpha value is -3.58. The molecule has 5 rings (SSSR count). The maximum Gasteiger partial charge on any atom is 0.292 e. The van der Waals surface area contributed by atoms with E-state index in [9.17, 15) is 9.18 Å². The summed E-state index contributed by atoms with van der Waals surface area (Å²) in [5, 5.41) is 7.25. The molecule has 0 spiro atoms. The van der Waals surface area contributed by atoms with E-state index in [0.29, 0.717) is 12.3 Å². The molecule has 1 aliphatic carbocycles. The summed E-state index contributed by atoms with van der Waals surface area (Å²) >= 11 is 6.22. The first-order valence-corrected chi connectivity index (χ1v) is 11.0. The molecular weight excluding hydrogens is 445 g/mol. The van der Waals surface area contributed by atoms with Crippen molar-refractivity contribution in [2.45, 2.75) is 32.4 Å². The molecule has 2 heterocycles. The Balaban J connectivity index is 1.19. The van der Waals surface area contributed by atoms with Crippen LogP contribution < -0.4 is 10.1 Å². The molecule has 0 fully saturated rings. The number of anilines is 1. The van der Waals surface area contributed by atoms with Crippen molar-refractivity contribution in [1.29, 1.82) is 0 Å². The van der Waals surface area contributed by atoms with Crippen molar-refractivity contribution in [2.24, 2.45) is 0 Å². The first-order valence-electron chi connectivity index (χ1n) is 10.7. The summed E-state index contributed by atoms with van der Waals surface area (Å²) in [5.41, 5.74) is 3.58. The summed E-state index contributed by atoms with van der Waals surface area (Å²) in [5.74, 6) is 0.904. The number of nitrogens with one attached hydrogen (secondary N) is 1. The average molecular weight is 466 g/mol. The number of halogens is 2. The number of hydrogen-bond acceptors (Lipinski definition) is 4. The predicted octanol–water partition coefficient (Wildman–Crippen LogP) is 5.64. The van der Waals surface area contributed by atoms with Gasteiger partial charge in [-0.3, -0.25) is 9.48 Å². The van der Waals surface area contributed by atoms with Crippen LogP contribution in [0.25, 0.3) is 0 Å². The quantitative estimate of drug-likeness (QED) is 0.383. The number of carbonyl (C=O) groups excluding carboxylic acids is 1. The first kappa shape index (κ1) is 21.3. The predicted molar refractivity (Wildman–Crippen MR) is 122 cm³/mol. The molecule has 0 saturated heterocycles. The van der Waals surface area contributed by atoms with Crippen LogP contribution in [0.2, 0.25) is 5.02 Å². The van der Waals surface area contributed by atoms with E-state index in [4.69, 9.17) is 20.8 Å². The number of amides is 1. The van der Waals surface area contributed by atoms with E-state index in [1.165, 1.54) is 29.7 Å². The highest BCUT2D eigenvalue weighted by molar-refractivity contribution is 6.33. The summed E-state index contributed by atoms with van der Waals surface area (Å²) < 4.78 is 26.1. The number of aryl methyl sites for hydroxylation is 2. The van der Waals surface area contributed by atoms with Gasteiger partial charge in [0.1, 0.15) is 29.0 Å². The molecule has 2 aromatic carbocycles. The van der Waals surface area contributed by atoms with Crippen LogP contribution in [0.3, 0.4) is 0 Å². The van der Waals surface area contributed by atoms with Gasteiger partial charge in [-0.1, -0.05) is 29.8 Å². The number of aromatic nitrogens is 2. The molecule has 0 bridgehead atoms. The van der Waals surface area contributed by atoms with Crippen LogP contribution in [0.4, 0.5) is 10.2 Å². The van der Waals surface area contributed by atoms with Gasteiger partial charge in [0.2, 0.25) is 0 Å². The van der Waals surface area contributed by atoms with Crippen LogP contribution in [0, 0.1) is 5.82 Å². The summed E-state index contributed by atoms with van der Waals surface area (Å²) in [6, 6.07) is 15.5. The van der Waals surface area contributed by atoms with Gasteiger partial charge in [0, 0.05) is 6.20 Å². The zero-order valence-electron chi connectivity index (χ0n) is 17.7. The molecule has 0 atom stereocenters. The van der Waals surface area contributed by atoms with Crippen molar-refractivity contribution in [3.05, 3.63) is 99.8 Å². The first-order chi connectivity index (χ1) is 16.0. The Labute approximate surface area is 194 Å². The standard InChI is InChI=1S/C25H21ClFN3O3/c26-22-14-30(13-16-4-7-19(27)8-5-16)29-24(22)28-25(31)23-11-10-21(33-23)15-32-20-9-6-17-2-1-3-18(17)12-20/h4-12,14H,1-3,13,15H2,(H,28,29,31). The van der Waals surface area contributed by atoms with Crippen LogP contribution in [0.5, 0.6) is 5.75 Å². The van der Waals surface area contributed by atoms with Gasteiger partial charge in [0.15, 0.2) is 11.6 Å². The molecule has 2 aromatic heterocycles. The number of fused-ring (bicyclic) bond motifs is 1. The number of hydrogen-bond donors (Lipinski definition) is 1. The Morgan fingerprint density at radius 3 is 2.79 bits per heavy atom. The number of nitrogens with zero attached hydrogens (tertiary/aromatic N) is 2. The Morgan fingerprint density at radius 2 is 1.94 bits per heavy atom. The van der Waals surface area contributed by atoms with Gasteiger partial charge in [-0.2, -0.15) is 5.10 Å². The Morgan fingerprint density at radius 1 is 1.12 bits per heavy atom. The Bertz CT molecular complexity index is 1300. The lowest BCUT2D eigenvalue weighted by Crippen LogP contribution is -2.12. The van der Waals surface area contributed by atoms with E-state index < -0.39 is 5.91 Å². The van der Waals surface area contributed by atoms with E-state index in [-0.39, 0.29) is 29.0 Å². The van der Waals surface area contributed by atoms with Gasteiger partial charge in [-0.15, -0.1) is 0 Å². The van der Waals surface area contributed by atoms with Crippen molar-refractivity contribution in [1.82, 2.24) is 9.78 Å². The minimum Gasteiger partial charge on any atom is -0.486 e. The third-order valence-electron chi connectivity index (χ3n) is 5.54. The van der Waals surface area contributed by atoms with Crippen molar-refractivity contribution >= 4 is 23.3 Å². The van der Waals surface area contributed by atoms with Crippen molar-refractivity contribution < 1.29 is 18.3 Å². The number of rotatable bonds is 7. The molecule has 8 heteroatoms. The third kappa shape index (κ3) is 4.93. The second kappa shape index (κ2) is 9.11. The molecule has 4 aromatic rings. The number of furan rings is 1. The normalized spacial score (nSPS) is 12.5. The van der Waals surface area contributed by atoms with Crippen LogP contribution >= 0.6 is 11.6 Å². The third-order valence-corrected chi connectivity index (χ3v) is 5.82. The molecule has 0 unspecified atom stereocenters. The summed E-state index contributed by atoms with van der Waals surface area (Å²) in [6.45, 7) is 0.611. The lowest BCUT2D eigenvalue weighted by molar-refractivity contribution is 0.0992. The fourth-order valence-corrected chi connectivity index (χ4v) is 4.08. The highest BCUT2D eigenvalue weighted by Gasteiger charge is 2.17. The molecular formula is C25H21ClFN3O3. The van der Waals surface area contributed by atoms with Crippen LogP contribution in [-0.4, -0.2) is 15.7 Å². The fourth-order valence-electron chi connectivity index (χ4n) is 3.88. The maximum atomic E-state index is 13.1. The SMILES string of the molecule is O=C(Nc1nn(Cc2ccc(F)cc2)cc1Cl)c1ccc(COc2ccc3c(c2)CCC3)o1. The zero-order valence-corrected chi connectivity index (χ0v) is 18.4. The van der Waals surface area contributed by atoms with Crippen LogP contribution in [0.1, 0.15) is 39.4 Å². The van der Waals surface area contributed by atoms with E-state index in [0.717, 1.165) is 24.2 Å². The molecule has 33 heavy (non-hydrogen) atoms. The average Bonchev–Trinajstić information content (AvgIpc) is 3.54. The highest BCUT2D eigenvalue weighted by Crippen LogP contribution is 2.27. The van der Waals surface area contributed by atoms with E-state index in [2.05, 4.69) is 22.5 Å². The number of carbonyl (C=O) groups is 1. The molecule has 0 saturated carbocycles. The topological polar surface area (TPSA) is 69.3 Å². The summed E-state index contributed by atoms with van der Waals surface area (Å²) in [7, 11) is 0. The molecule has 1 N–H and O–H groups in total. The smallest absolute Gasteiger partial charge is 0.292 e. The lowest BCUT2D eigenvalue weighted by Gasteiger charge is -2.06. The van der Waals surface area contributed by atoms with Crippen molar-refractivity contribution in [3.8, 4) is 5.75 Å². The minimum atomic E-state index is -0.465. The Kier molecular flexibility index (Phi) is 5.88. The lowest BCUT2D eigenvalue weighted by atomic mass is 10.1. The van der Waals surface area contributed by atoms with E-state index in [1.807, 2.05) is 6.07 Å². The van der Waals surface area contributed by atoms with Crippen LogP contribution in [0.15, 0.2) is 65.2 Å². The van der Waals surface area contributed by atoms with Crippen molar-refractivity contribution in [2.75, 3.05) is 5.32 Å². The van der Waals surface area contributed by atoms with Crippen LogP contribution in [-0.2, 0) is 26.0 Å².